The summed E-state index contributed by atoms with van der Waals surface area (Å²) in [4.78, 5) is 12.4. The summed E-state index contributed by atoms with van der Waals surface area (Å²) in [5.41, 5.74) is 0.430. The van der Waals surface area contributed by atoms with Crippen molar-refractivity contribution in [2.24, 2.45) is 11.3 Å². The lowest BCUT2D eigenvalue weighted by Gasteiger charge is -2.68. The van der Waals surface area contributed by atoms with Crippen LogP contribution in [0.5, 0.6) is 0 Å². The largest absolute Gasteiger partial charge is 0.462 e. The fourth-order valence-corrected chi connectivity index (χ4v) is 4.57. The zero-order valence-electron chi connectivity index (χ0n) is 15.6. The molecule has 1 atom stereocenters. The summed E-state index contributed by atoms with van der Waals surface area (Å²) in [5, 5.41) is 0. The highest BCUT2D eigenvalue weighted by molar-refractivity contribution is 6.48. The maximum absolute atomic E-state index is 12.4. The Labute approximate surface area is 150 Å². The molecule has 4 aliphatic rings. The van der Waals surface area contributed by atoms with Crippen molar-refractivity contribution in [3.8, 4) is 0 Å². The molecule has 0 spiro atoms. The Kier molecular flexibility index (Phi) is 3.82. The smallest absolute Gasteiger partial charge is 0.461 e. The molecule has 4 nitrogen and oxygen atoms in total. The molecule has 1 aromatic rings. The number of esters is 1. The zero-order chi connectivity index (χ0) is 17.9. The summed E-state index contributed by atoms with van der Waals surface area (Å²) in [6, 6.07) is 9.82. The summed E-state index contributed by atoms with van der Waals surface area (Å²) >= 11 is 0. The predicted molar refractivity (Wildman–Crippen MR) is 95.8 cm³/mol. The number of carbonyl (C=O) groups is 1. The van der Waals surface area contributed by atoms with Crippen molar-refractivity contribution < 1.29 is 18.8 Å². The van der Waals surface area contributed by atoms with E-state index in [2.05, 4.69) is 27.7 Å². The molecule has 4 fully saturated rings. The van der Waals surface area contributed by atoms with E-state index in [-0.39, 0.29) is 29.7 Å². The van der Waals surface area contributed by atoms with Gasteiger partial charge in [0.1, 0.15) is 6.61 Å². The molecule has 134 valence electrons. The average molecular weight is 342 g/mol. The Bertz CT molecular complexity index is 648. The first kappa shape index (κ1) is 17.1. The number of carbonyl (C=O) groups excluding carboxylic acids is 1. The van der Waals surface area contributed by atoms with E-state index in [0.717, 1.165) is 18.4 Å². The van der Waals surface area contributed by atoms with Gasteiger partial charge in [-0.3, -0.25) is 4.79 Å². The van der Waals surface area contributed by atoms with Gasteiger partial charge in [-0.15, -0.1) is 0 Å². The first-order chi connectivity index (χ1) is 11.7. The van der Waals surface area contributed by atoms with Crippen molar-refractivity contribution in [3.05, 3.63) is 35.9 Å². The molecule has 5 heteroatoms. The van der Waals surface area contributed by atoms with E-state index in [1.807, 2.05) is 30.3 Å². The van der Waals surface area contributed by atoms with Crippen LogP contribution in [0.3, 0.4) is 0 Å². The molecule has 1 aliphatic heterocycles. The maximum Gasteiger partial charge on any atom is 0.462 e. The van der Waals surface area contributed by atoms with Crippen LogP contribution in [0.2, 0.25) is 5.82 Å². The van der Waals surface area contributed by atoms with Gasteiger partial charge in [-0.25, -0.2) is 0 Å². The predicted octanol–water partition coefficient (Wildman–Crippen LogP) is 3.99. The molecule has 0 radical (unpaired) electrons. The first-order valence-corrected chi connectivity index (χ1v) is 9.28. The fraction of sp³-hybridized carbons (Fsp3) is 0.650. The molecule has 3 aliphatic carbocycles. The number of hydrogen-bond donors (Lipinski definition) is 0. The van der Waals surface area contributed by atoms with Gasteiger partial charge in [-0.05, 0) is 57.4 Å². The van der Waals surface area contributed by atoms with E-state index in [0.29, 0.717) is 24.8 Å². The van der Waals surface area contributed by atoms with Crippen molar-refractivity contribution in [3.63, 3.8) is 0 Å². The summed E-state index contributed by atoms with van der Waals surface area (Å²) < 4.78 is 18.0. The Morgan fingerprint density at radius 2 is 1.72 bits per heavy atom. The average Bonchev–Trinajstić information content (AvgIpc) is 2.68. The fourth-order valence-electron chi connectivity index (χ4n) is 4.57. The van der Waals surface area contributed by atoms with Crippen molar-refractivity contribution >= 4 is 13.1 Å². The van der Waals surface area contributed by atoms with Gasteiger partial charge in [-0.1, -0.05) is 30.3 Å². The van der Waals surface area contributed by atoms with Gasteiger partial charge in [0.25, 0.3) is 0 Å². The normalized spacial score (nSPS) is 34.2. The Morgan fingerprint density at radius 3 is 2.24 bits per heavy atom. The minimum atomic E-state index is -0.311. The minimum Gasteiger partial charge on any atom is -0.461 e. The van der Waals surface area contributed by atoms with E-state index in [1.165, 1.54) is 0 Å². The Balaban J connectivity index is 1.35. The van der Waals surface area contributed by atoms with Crippen LogP contribution >= 0.6 is 0 Å². The summed E-state index contributed by atoms with van der Waals surface area (Å²) in [5.74, 6) is 0.859. The number of hydrogen-bond acceptors (Lipinski definition) is 4. The molecule has 0 amide bonds. The van der Waals surface area contributed by atoms with Gasteiger partial charge in [-0.2, -0.15) is 0 Å². The third-order valence-electron chi connectivity index (χ3n) is 6.86. The summed E-state index contributed by atoms with van der Waals surface area (Å²) in [7, 11) is -0.195. The molecule has 25 heavy (non-hydrogen) atoms. The Hall–Kier alpha value is -1.33. The highest BCUT2D eigenvalue weighted by Crippen LogP contribution is 2.76. The molecular weight excluding hydrogens is 315 g/mol. The molecule has 3 saturated carbocycles. The molecule has 1 unspecified atom stereocenters. The zero-order valence-corrected chi connectivity index (χ0v) is 15.6. The van der Waals surface area contributed by atoms with E-state index in [9.17, 15) is 4.79 Å². The SMILES string of the molecule is CC1(C)OB(C2C3CC2(CC(=O)OCc2ccccc2)C3)OC1(C)C. The quantitative estimate of drug-likeness (QED) is 0.599. The highest BCUT2D eigenvalue weighted by Gasteiger charge is 2.73. The molecule has 1 aromatic carbocycles. The van der Waals surface area contributed by atoms with E-state index in [4.69, 9.17) is 14.0 Å². The van der Waals surface area contributed by atoms with Gasteiger partial charge in [0.05, 0.1) is 17.6 Å². The molecular formula is C20H27BO4. The third-order valence-corrected chi connectivity index (χ3v) is 6.86. The van der Waals surface area contributed by atoms with Crippen molar-refractivity contribution in [1.29, 1.82) is 0 Å². The van der Waals surface area contributed by atoms with Crippen LogP contribution in [0, 0.1) is 11.3 Å². The summed E-state index contributed by atoms with van der Waals surface area (Å²) in [6.45, 7) is 8.67. The van der Waals surface area contributed by atoms with Crippen LogP contribution in [0.1, 0.15) is 52.5 Å². The lowest BCUT2D eigenvalue weighted by atomic mass is 9.28. The Morgan fingerprint density at radius 1 is 1.12 bits per heavy atom. The molecule has 0 N–H and O–H groups in total. The monoisotopic (exact) mass is 342 g/mol. The van der Waals surface area contributed by atoms with Crippen molar-refractivity contribution in [2.45, 2.75) is 70.6 Å². The van der Waals surface area contributed by atoms with Gasteiger partial charge < -0.3 is 14.0 Å². The van der Waals surface area contributed by atoms with Crippen molar-refractivity contribution in [1.82, 2.24) is 0 Å². The molecule has 2 bridgehead atoms. The molecule has 1 saturated heterocycles. The van der Waals surface area contributed by atoms with Crippen LogP contribution in [-0.4, -0.2) is 24.3 Å². The maximum atomic E-state index is 12.4. The lowest BCUT2D eigenvalue weighted by Crippen LogP contribution is -2.64. The minimum absolute atomic E-state index is 0.0274. The lowest BCUT2D eigenvalue weighted by molar-refractivity contribution is -0.168. The van der Waals surface area contributed by atoms with Crippen LogP contribution in [0.25, 0.3) is 0 Å². The van der Waals surface area contributed by atoms with Gasteiger partial charge in [0, 0.05) is 5.82 Å². The molecule has 0 aromatic heterocycles. The summed E-state index contributed by atoms with van der Waals surface area (Å²) in [6.07, 6.45) is 2.68. The van der Waals surface area contributed by atoms with E-state index < -0.39 is 0 Å². The highest BCUT2D eigenvalue weighted by atomic mass is 16.7. The standard InChI is InChI=1S/C20H27BO4/c1-18(2)19(3,4)25-21(24-18)17-15-10-20(17,11-15)12-16(22)23-13-14-8-6-5-7-9-14/h5-9,15,17H,10-13H2,1-4H3. The molecule has 1 heterocycles. The van der Waals surface area contributed by atoms with Crippen LogP contribution in [0.4, 0.5) is 0 Å². The topological polar surface area (TPSA) is 44.8 Å². The third kappa shape index (κ3) is 2.72. The second-order valence-corrected chi connectivity index (χ2v) is 9.00. The first-order valence-electron chi connectivity index (χ1n) is 9.28. The number of rotatable bonds is 5. The van der Waals surface area contributed by atoms with Gasteiger partial charge >= 0.3 is 13.1 Å². The van der Waals surface area contributed by atoms with E-state index in [1.54, 1.807) is 0 Å². The van der Waals surface area contributed by atoms with Crippen LogP contribution < -0.4 is 0 Å². The van der Waals surface area contributed by atoms with Crippen LogP contribution in [0.15, 0.2) is 30.3 Å². The number of ether oxygens (including phenoxy) is 1. The second kappa shape index (κ2) is 5.58. The molecule has 5 rings (SSSR count). The van der Waals surface area contributed by atoms with E-state index >= 15 is 0 Å². The van der Waals surface area contributed by atoms with Gasteiger partial charge in [0.15, 0.2) is 0 Å². The van der Waals surface area contributed by atoms with Crippen molar-refractivity contribution in [2.75, 3.05) is 0 Å². The second-order valence-electron chi connectivity index (χ2n) is 9.00. The number of benzene rings is 1. The van der Waals surface area contributed by atoms with Gasteiger partial charge in [0.2, 0.25) is 0 Å². The van der Waals surface area contributed by atoms with Crippen LogP contribution in [-0.2, 0) is 25.4 Å².